The maximum Gasteiger partial charge on any atom is 0.323 e. The molecule has 0 heterocycles. The molecule has 4 amide bonds. The summed E-state index contributed by atoms with van der Waals surface area (Å²) in [7, 11) is 1.86. The summed E-state index contributed by atoms with van der Waals surface area (Å²) in [6.07, 6.45) is 0. The largest absolute Gasteiger partial charge is 0.507 e. The van der Waals surface area contributed by atoms with E-state index in [1.807, 2.05) is 36.2 Å². The molecule has 0 saturated heterocycles. The van der Waals surface area contributed by atoms with Crippen LogP contribution in [0.4, 0.5) is 43.7 Å². The van der Waals surface area contributed by atoms with Crippen molar-refractivity contribution < 1.29 is 40.2 Å². The molecule has 10 N–H and O–H groups in total. The van der Waals surface area contributed by atoms with E-state index in [0.29, 0.717) is 22.7 Å². The number of urea groups is 2. The summed E-state index contributed by atoms with van der Waals surface area (Å²) in [4.78, 5) is 26.9. The molecule has 0 aliphatic heterocycles. The van der Waals surface area contributed by atoms with E-state index in [2.05, 4.69) is 21.3 Å². The number of aliphatic hydroxyl groups excluding tert-OH is 4. The molecule has 230 valence electrons. The third kappa shape index (κ3) is 7.53. The van der Waals surface area contributed by atoms with Crippen molar-refractivity contribution in [3.63, 3.8) is 0 Å². The number of carbonyl (C=O) groups excluding carboxylic acids is 2. The van der Waals surface area contributed by atoms with Gasteiger partial charge in [-0.1, -0.05) is 0 Å². The number of aromatic hydroxyl groups is 2. The third-order valence-corrected chi connectivity index (χ3v) is 6.76. The number of nitrogens with one attached hydrogen (secondary N) is 4. The van der Waals surface area contributed by atoms with Crippen molar-refractivity contribution in [3.05, 3.63) is 95.1 Å². The molecule has 0 aliphatic rings. The molecule has 4 aromatic carbocycles. The maximum absolute atomic E-state index is 12.5. The highest BCUT2D eigenvalue weighted by molar-refractivity contribution is 6.01. The Labute approximate surface area is 252 Å². The highest BCUT2D eigenvalue weighted by atomic mass is 16.3. The number of anilines is 6. The minimum atomic E-state index is -0.551. The van der Waals surface area contributed by atoms with Gasteiger partial charge in [0.25, 0.3) is 0 Å². The first-order valence-electron chi connectivity index (χ1n) is 13.4. The summed E-state index contributed by atoms with van der Waals surface area (Å²) >= 11 is 0. The summed E-state index contributed by atoms with van der Waals surface area (Å²) < 4.78 is 0. The van der Waals surface area contributed by atoms with Gasteiger partial charge in [0, 0.05) is 63.4 Å². The van der Waals surface area contributed by atoms with Crippen LogP contribution in [0.5, 0.6) is 11.5 Å². The van der Waals surface area contributed by atoms with Crippen LogP contribution in [-0.2, 0) is 26.4 Å². The van der Waals surface area contributed by atoms with Crippen LogP contribution in [0.2, 0.25) is 0 Å². The predicted octanol–water partition coefficient (Wildman–Crippen LogP) is 4.12. The number of hydrogen-bond acceptors (Lipinski definition) is 9. The van der Waals surface area contributed by atoms with Crippen LogP contribution in [0.15, 0.2) is 72.8 Å². The number of rotatable bonds is 10. The summed E-state index contributed by atoms with van der Waals surface area (Å²) in [6.45, 7) is -1.83. The van der Waals surface area contributed by atoms with E-state index in [1.165, 1.54) is 24.3 Å². The van der Waals surface area contributed by atoms with Gasteiger partial charge in [-0.2, -0.15) is 0 Å². The summed E-state index contributed by atoms with van der Waals surface area (Å²) in [5.74, 6) is -0.447. The Balaban J connectivity index is 1.34. The molecule has 44 heavy (non-hydrogen) atoms. The molecule has 13 heteroatoms. The lowest BCUT2D eigenvalue weighted by atomic mass is 10.1. The first kappa shape index (κ1) is 31.6. The summed E-state index contributed by atoms with van der Waals surface area (Å²) in [6, 6.07) is 18.6. The lowest BCUT2D eigenvalue weighted by Crippen LogP contribution is -2.20. The van der Waals surface area contributed by atoms with Gasteiger partial charge in [-0.05, 0) is 72.8 Å². The molecule has 0 aliphatic carbocycles. The van der Waals surface area contributed by atoms with Crippen LogP contribution in [0, 0.1) is 0 Å². The van der Waals surface area contributed by atoms with E-state index in [1.54, 1.807) is 24.3 Å². The van der Waals surface area contributed by atoms with Crippen molar-refractivity contribution in [1.29, 1.82) is 0 Å². The number of aliphatic hydroxyl groups is 4. The molecule has 0 fully saturated rings. The number of carbonyl (C=O) groups is 2. The van der Waals surface area contributed by atoms with Gasteiger partial charge in [-0.25, -0.2) is 9.59 Å². The number of phenols is 2. The van der Waals surface area contributed by atoms with Crippen molar-refractivity contribution in [2.75, 3.05) is 33.2 Å². The topological polar surface area (TPSA) is 207 Å². The second kappa shape index (κ2) is 14.2. The Morgan fingerprint density at radius 3 is 1.07 bits per heavy atom. The van der Waals surface area contributed by atoms with Crippen molar-refractivity contribution in [2.45, 2.75) is 26.4 Å². The highest BCUT2D eigenvalue weighted by Gasteiger charge is 2.13. The molecule has 0 aromatic heterocycles. The molecule has 4 aromatic rings. The number of benzene rings is 4. The molecule has 0 spiro atoms. The van der Waals surface area contributed by atoms with Crippen LogP contribution in [-0.4, -0.2) is 49.7 Å². The predicted molar refractivity (Wildman–Crippen MR) is 166 cm³/mol. The zero-order valence-electron chi connectivity index (χ0n) is 23.7. The Morgan fingerprint density at radius 2 is 0.795 bits per heavy atom. The average Bonchev–Trinajstić information content (AvgIpc) is 3.02. The Bertz CT molecular complexity index is 1460. The highest BCUT2D eigenvalue weighted by Crippen LogP contribution is 2.30. The lowest BCUT2D eigenvalue weighted by Gasteiger charge is -2.20. The number of amides is 4. The van der Waals surface area contributed by atoms with E-state index in [4.69, 9.17) is 0 Å². The van der Waals surface area contributed by atoms with E-state index in [-0.39, 0.29) is 33.8 Å². The van der Waals surface area contributed by atoms with Crippen molar-refractivity contribution in [3.8, 4) is 11.5 Å². The van der Waals surface area contributed by atoms with E-state index in [9.17, 15) is 40.2 Å². The fourth-order valence-corrected chi connectivity index (χ4v) is 4.42. The van der Waals surface area contributed by atoms with Crippen LogP contribution in [0.3, 0.4) is 0 Å². The molecule has 0 saturated carbocycles. The minimum absolute atomic E-state index is 0.176. The Morgan fingerprint density at radius 1 is 0.523 bits per heavy atom. The monoisotopic (exact) mass is 603 g/mol. The Kier molecular flexibility index (Phi) is 10.2. The Hall–Kier alpha value is -5.34. The second-order valence-corrected chi connectivity index (χ2v) is 9.73. The van der Waals surface area contributed by atoms with Crippen molar-refractivity contribution in [1.82, 2.24) is 0 Å². The summed E-state index contributed by atoms with van der Waals surface area (Å²) in [5, 5.41) is 68.2. The molecule has 13 nitrogen and oxygen atoms in total. The smallest absolute Gasteiger partial charge is 0.323 e. The SMILES string of the molecule is CN(c1ccc(NC(=O)Nc2cc(CO)c(O)c(CO)c2)cc1)c1ccc(NC(=O)Nc2cc(CO)c(O)c(CO)c2)cc1. The minimum Gasteiger partial charge on any atom is -0.507 e. The standard InChI is InChI=1S/C31H33N5O8/c1-36(26-6-2-22(3-7-26)32-30(43)34-24-10-18(14-37)28(41)19(11-24)15-38)27-8-4-23(5-9-27)33-31(44)35-25-12-20(16-39)29(42)21(13-25)17-40/h2-13,37-42H,14-17H2,1H3,(H2,32,34,43)(H2,33,35,44). The van der Waals surface area contributed by atoms with Crippen molar-refractivity contribution >= 4 is 46.2 Å². The number of hydrogen-bond donors (Lipinski definition) is 10. The first-order valence-corrected chi connectivity index (χ1v) is 13.4. The molecular formula is C31H33N5O8. The van der Waals surface area contributed by atoms with E-state index < -0.39 is 38.5 Å². The molecule has 4 rings (SSSR count). The summed E-state index contributed by atoms with van der Waals surface area (Å²) in [5.41, 5.74) is 3.97. The zero-order valence-corrected chi connectivity index (χ0v) is 23.7. The zero-order chi connectivity index (χ0) is 31.8. The van der Waals surface area contributed by atoms with Gasteiger partial charge >= 0.3 is 12.1 Å². The molecule has 0 atom stereocenters. The molecule has 0 radical (unpaired) electrons. The van der Waals surface area contributed by atoms with Gasteiger partial charge in [0.1, 0.15) is 11.5 Å². The van der Waals surface area contributed by atoms with Gasteiger partial charge < -0.3 is 56.8 Å². The normalized spacial score (nSPS) is 10.7. The van der Waals surface area contributed by atoms with Crippen LogP contribution >= 0.6 is 0 Å². The van der Waals surface area contributed by atoms with Gasteiger partial charge in [0.2, 0.25) is 0 Å². The van der Waals surface area contributed by atoms with Crippen LogP contribution < -0.4 is 26.2 Å². The van der Waals surface area contributed by atoms with E-state index >= 15 is 0 Å². The molecular weight excluding hydrogens is 570 g/mol. The van der Waals surface area contributed by atoms with Crippen LogP contribution in [0.25, 0.3) is 0 Å². The van der Waals surface area contributed by atoms with Gasteiger partial charge in [-0.3, -0.25) is 0 Å². The fraction of sp³-hybridized carbons (Fsp3) is 0.161. The fourth-order valence-electron chi connectivity index (χ4n) is 4.42. The quantitative estimate of drug-likeness (QED) is 0.118. The number of nitrogens with zero attached hydrogens (tertiary/aromatic N) is 1. The van der Waals surface area contributed by atoms with Crippen LogP contribution in [0.1, 0.15) is 22.3 Å². The van der Waals surface area contributed by atoms with E-state index in [0.717, 1.165) is 11.4 Å². The molecule has 0 bridgehead atoms. The lowest BCUT2D eigenvalue weighted by molar-refractivity contribution is 0.260. The maximum atomic E-state index is 12.5. The average molecular weight is 604 g/mol. The third-order valence-electron chi connectivity index (χ3n) is 6.76. The van der Waals surface area contributed by atoms with Gasteiger partial charge in [0.15, 0.2) is 0 Å². The molecule has 0 unspecified atom stereocenters. The van der Waals surface area contributed by atoms with Gasteiger partial charge in [0.05, 0.1) is 26.4 Å². The first-order chi connectivity index (χ1) is 21.1. The van der Waals surface area contributed by atoms with Gasteiger partial charge in [-0.15, -0.1) is 0 Å². The second-order valence-electron chi connectivity index (χ2n) is 9.73. The van der Waals surface area contributed by atoms with Crippen molar-refractivity contribution in [2.24, 2.45) is 0 Å².